The van der Waals surface area contributed by atoms with Crippen LogP contribution in [0.2, 0.25) is 0 Å². The maximum absolute atomic E-state index is 14.8. The molecule has 6 aromatic rings. The zero-order valence-electron chi connectivity index (χ0n) is 22.5. The van der Waals surface area contributed by atoms with Crippen LogP contribution in [0, 0.1) is 11.6 Å². The van der Waals surface area contributed by atoms with Crippen LogP contribution >= 0.6 is 0 Å². The summed E-state index contributed by atoms with van der Waals surface area (Å²) in [6, 6.07) is 24.7. The van der Waals surface area contributed by atoms with Gasteiger partial charge in [-0.25, -0.2) is 18.6 Å². The maximum Gasteiger partial charge on any atom is 0.335 e. The Kier molecular flexibility index (Phi) is 6.96. The van der Waals surface area contributed by atoms with Crippen LogP contribution in [0.5, 0.6) is 0 Å². The molecule has 42 heavy (non-hydrogen) atoms. The fourth-order valence-corrected chi connectivity index (χ4v) is 5.19. The van der Waals surface area contributed by atoms with Crippen LogP contribution in [0.1, 0.15) is 50.5 Å². The standard InChI is InChI=1S/C34H25F2N3O3/c1-20(22-8-10-24(11-9-22)34(41)42)38-33(40)29-16-26(28-17-27(35)12-13-30(28)36)18-39-19-37-31(32(29)39)15-21-6-7-23-4-2-3-5-25(23)14-21/h2-14,16-20H,15H2,1H3,(H,38,40)(H,41,42)/t20-/m0/s1. The number of fused-ring (bicyclic) bond motifs is 2. The third-order valence-electron chi connectivity index (χ3n) is 7.38. The van der Waals surface area contributed by atoms with Crippen molar-refractivity contribution in [3.8, 4) is 11.1 Å². The third-order valence-corrected chi connectivity index (χ3v) is 7.38. The van der Waals surface area contributed by atoms with Crippen molar-refractivity contribution in [1.29, 1.82) is 0 Å². The van der Waals surface area contributed by atoms with Crippen LogP contribution in [0.25, 0.3) is 27.4 Å². The molecule has 0 fully saturated rings. The van der Waals surface area contributed by atoms with Crippen LogP contribution in [-0.2, 0) is 6.42 Å². The molecule has 1 atom stereocenters. The number of pyridine rings is 1. The largest absolute Gasteiger partial charge is 0.478 e. The molecular weight excluding hydrogens is 536 g/mol. The predicted molar refractivity (Wildman–Crippen MR) is 157 cm³/mol. The molecule has 1 amide bonds. The number of hydrogen-bond acceptors (Lipinski definition) is 3. The van der Waals surface area contributed by atoms with Crippen LogP contribution in [0.3, 0.4) is 0 Å². The highest BCUT2D eigenvalue weighted by molar-refractivity contribution is 6.03. The number of nitrogens with one attached hydrogen (secondary N) is 1. The number of imidazole rings is 1. The lowest BCUT2D eigenvalue weighted by Gasteiger charge is -2.17. The van der Waals surface area contributed by atoms with Crippen LogP contribution in [0.15, 0.2) is 104 Å². The first-order valence-electron chi connectivity index (χ1n) is 13.3. The molecular formula is C34H25F2N3O3. The number of rotatable bonds is 7. The van der Waals surface area contributed by atoms with Crippen molar-refractivity contribution in [2.45, 2.75) is 19.4 Å². The Labute approximate surface area is 239 Å². The van der Waals surface area contributed by atoms with E-state index in [1.807, 2.05) is 36.4 Å². The molecule has 208 valence electrons. The lowest BCUT2D eigenvalue weighted by molar-refractivity contribution is 0.0696. The van der Waals surface area contributed by atoms with Crippen molar-refractivity contribution in [3.63, 3.8) is 0 Å². The number of carboxylic acid groups (broad SMARTS) is 1. The molecule has 0 aliphatic heterocycles. The Morgan fingerprint density at radius 1 is 0.929 bits per heavy atom. The molecule has 2 heterocycles. The number of carbonyl (C=O) groups excluding carboxylic acids is 1. The maximum atomic E-state index is 14.8. The zero-order valence-corrected chi connectivity index (χ0v) is 22.5. The first-order valence-corrected chi connectivity index (χ1v) is 13.3. The van der Waals surface area contributed by atoms with Gasteiger partial charge in [0, 0.05) is 23.7 Å². The summed E-state index contributed by atoms with van der Waals surface area (Å²) in [5.74, 6) is -2.69. The molecule has 0 aliphatic rings. The van der Waals surface area contributed by atoms with E-state index >= 15 is 0 Å². The number of aromatic carboxylic acids is 1. The minimum absolute atomic E-state index is 0.0213. The van der Waals surface area contributed by atoms with Gasteiger partial charge in [-0.2, -0.15) is 0 Å². The average Bonchev–Trinajstić information content (AvgIpc) is 3.40. The summed E-state index contributed by atoms with van der Waals surface area (Å²) >= 11 is 0. The summed E-state index contributed by atoms with van der Waals surface area (Å²) in [5.41, 5.74) is 3.65. The molecule has 0 aliphatic carbocycles. The van der Waals surface area contributed by atoms with Gasteiger partial charge in [0.05, 0.1) is 34.7 Å². The van der Waals surface area contributed by atoms with Crippen LogP contribution < -0.4 is 5.32 Å². The molecule has 0 spiro atoms. The summed E-state index contributed by atoms with van der Waals surface area (Å²) in [5, 5.41) is 14.4. The molecule has 6 nitrogen and oxygen atoms in total. The number of nitrogens with zero attached hydrogens (tertiary/aromatic N) is 2. The molecule has 8 heteroatoms. The minimum Gasteiger partial charge on any atom is -0.478 e. The van der Waals surface area contributed by atoms with Crippen molar-refractivity contribution in [3.05, 3.63) is 143 Å². The fourth-order valence-electron chi connectivity index (χ4n) is 5.19. The lowest BCUT2D eigenvalue weighted by Crippen LogP contribution is -2.27. The number of halogens is 2. The van der Waals surface area contributed by atoms with Gasteiger partial charge in [-0.3, -0.25) is 4.79 Å². The Hall–Kier alpha value is -5.37. The van der Waals surface area contributed by atoms with Gasteiger partial charge in [-0.1, -0.05) is 54.6 Å². The van der Waals surface area contributed by atoms with Crippen molar-refractivity contribution in [1.82, 2.24) is 14.7 Å². The van der Waals surface area contributed by atoms with Gasteiger partial charge in [0.2, 0.25) is 0 Å². The van der Waals surface area contributed by atoms with Gasteiger partial charge in [0.1, 0.15) is 11.6 Å². The van der Waals surface area contributed by atoms with Gasteiger partial charge in [0.15, 0.2) is 0 Å². The van der Waals surface area contributed by atoms with Crippen molar-refractivity contribution >= 4 is 28.2 Å². The van der Waals surface area contributed by atoms with E-state index in [2.05, 4.69) is 16.4 Å². The monoisotopic (exact) mass is 561 g/mol. The normalized spacial score (nSPS) is 12.0. The third kappa shape index (κ3) is 5.22. The number of aromatic nitrogens is 2. The second kappa shape index (κ2) is 10.9. The van der Waals surface area contributed by atoms with Gasteiger partial charge in [-0.15, -0.1) is 0 Å². The molecule has 0 bridgehead atoms. The highest BCUT2D eigenvalue weighted by Gasteiger charge is 2.21. The van der Waals surface area contributed by atoms with E-state index in [-0.39, 0.29) is 16.7 Å². The molecule has 6 rings (SSSR count). The van der Waals surface area contributed by atoms with E-state index in [9.17, 15) is 23.5 Å². The Morgan fingerprint density at radius 2 is 1.69 bits per heavy atom. The smallest absolute Gasteiger partial charge is 0.335 e. The summed E-state index contributed by atoms with van der Waals surface area (Å²) in [6.07, 6.45) is 3.65. The first kappa shape index (κ1) is 26.8. The molecule has 0 saturated carbocycles. The van der Waals surface area contributed by atoms with E-state index in [1.165, 1.54) is 12.1 Å². The second-order valence-corrected chi connectivity index (χ2v) is 10.2. The zero-order chi connectivity index (χ0) is 29.4. The number of carbonyl (C=O) groups is 2. The Morgan fingerprint density at radius 3 is 2.45 bits per heavy atom. The minimum atomic E-state index is -1.04. The molecule has 0 radical (unpaired) electrons. The van der Waals surface area contributed by atoms with Crippen LogP contribution in [-0.4, -0.2) is 26.4 Å². The van der Waals surface area contributed by atoms with Crippen molar-refractivity contribution in [2.75, 3.05) is 0 Å². The molecule has 4 aromatic carbocycles. The van der Waals surface area contributed by atoms with E-state index in [0.717, 1.165) is 34.5 Å². The first-order chi connectivity index (χ1) is 20.3. The molecule has 0 unspecified atom stereocenters. The molecule has 0 saturated heterocycles. The van der Waals surface area contributed by atoms with E-state index < -0.39 is 29.6 Å². The molecule has 2 aromatic heterocycles. The van der Waals surface area contributed by atoms with Crippen molar-refractivity contribution < 1.29 is 23.5 Å². The van der Waals surface area contributed by atoms with E-state index in [0.29, 0.717) is 28.8 Å². The van der Waals surface area contributed by atoms with Gasteiger partial charge in [0.25, 0.3) is 5.91 Å². The molecule has 2 N–H and O–H groups in total. The predicted octanol–water partition coefficient (Wildman–Crippen LogP) is 7.21. The Bertz CT molecular complexity index is 1980. The van der Waals surface area contributed by atoms with E-state index in [4.69, 9.17) is 0 Å². The Balaban J connectivity index is 1.42. The SMILES string of the molecule is C[C@H](NC(=O)c1cc(-c2cc(F)ccc2F)cn2cnc(Cc3ccc4ccccc4c3)c12)c1ccc(C(=O)O)cc1. The van der Waals surface area contributed by atoms with Crippen molar-refractivity contribution in [2.24, 2.45) is 0 Å². The number of carboxylic acids is 1. The van der Waals surface area contributed by atoms with E-state index in [1.54, 1.807) is 42.0 Å². The lowest BCUT2D eigenvalue weighted by atomic mass is 10.00. The summed E-state index contributed by atoms with van der Waals surface area (Å²) < 4.78 is 30.6. The summed E-state index contributed by atoms with van der Waals surface area (Å²) in [7, 11) is 0. The second-order valence-electron chi connectivity index (χ2n) is 10.2. The highest BCUT2D eigenvalue weighted by atomic mass is 19.1. The number of hydrogen-bond donors (Lipinski definition) is 2. The van der Waals surface area contributed by atoms with Gasteiger partial charge >= 0.3 is 5.97 Å². The summed E-state index contributed by atoms with van der Waals surface area (Å²) in [4.78, 5) is 29.7. The highest BCUT2D eigenvalue weighted by Crippen LogP contribution is 2.29. The number of benzene rings is 4. The van der Waals surface area contributed by atoms with Gasteiger partial charge in [-0.05, 0) is 65.2 Å². The number of amides is 1. The van der Waals surface area contributed by atoms with Gasteiger partial charge < -0.3 is 14.8 Å². The topological polar surface area (TPSA) is 83.7 Å². The summed E-state index contributed by atoms with van der Waals surface area (Å²) in [6.45, 7) is 1.79. The fraction of sp³-hybridized carbons (Fsp3) is 0.0882. The average molecular weight is 562 g/mol. The van der Waals surface area contributed by atoms with Crippen LogP contribution in [0.4, 0.5) is 8.78 Å². The quantitative estimate of drug-likeness (QED) is 0.216.